The van der Waals surface area contributed by atoms with Crippen LogP contribution in [-0.4, -0.2) is 7.05 Å². The van der Waals surface area contributed by atoms with Crippen LogP contribution in [0.15, 0.2) is 103 Å². The number of nitrogens with zero attached hydrogens (tertiary/aromatic N) is 2. The van der Waals surface area contributed by atoms with Crippen LogP contribution in [0.25, 0.3) is 0 Å². The Morgan fingerprint density at radius 2 is 1.07 bits per heavy atom. The van der Waals surface area contributed by atoms with Crippen LogP contribution in [0.3, 0.4) is 0 Å². The largest absolute Gasteiger partial charge is 0.343 e. The van der Waals surface area contributed by atoms with E-state index in [2.05, 4.69) is 53.4 Å². The first kappa shape index (κ1) is 19.4. The fourth-order valence-electron chi connectivity index (χ4n) is 3.33. The van der Waals surface area contributed by atoms with Gasteiger partial charge in [-0.05, 0) is 54.6 Å². The number of para-hydroxylation sites is 2. The lowest BCUT2D eigenvalue weighted by molar-refractivity contribution is 1.20. The normalized spacial score (nSPS) is 10.6. The zero-order chi connectivity index (χ0) is 20.2. The molecule has 0 fully saturated rings. The molecule has 29 heavy (non-hydrogen) atoms. The molecule has 2 nitrogen and oxygen atoms in total. The van der Waals surface area contributed by atoms with Gasteiger partial charge >= 0.3 is 0 Å². The highest BCUT2D eigenvalue weighted by atomic mass is 35.5. The molecule has 0 aliphatic carbocycles. The summed E-state index contributed by atoms with van der Waals surface area (Å²) in [6.07, 6.45) is 0. The molecule has 0 spiro atoms. The molecule has 0 atom stereocenters. The van der Waals surface area contributed by atoms with Gasteiger partial charge in [-0.25, -0.2) is 0 Å². The van der Waals surface area contributed by atoms with E-state index >= 15 is 0 Å². The SMILES string of the molecule is CN(c1cccc(N(c2ccccc2)c2ccccc2)c1)c1cccc(Cl)c1Cl. The van der Waals surface area contributed by atoms with E-state index in [0.717, 1.165) is 28.4 Å². The highest BCUT2D eigenvalue weighted by Crippen LogP contribution is 2.39. The third-order valence-corrected chi connectivity index (χ3v) is 5.61. The lowest BCUT2D eigenvalue weighted by Gasteiger charge is -2.27. The van der Waals surface area contributed by atoms with Gasteiger partial charge in [0.25, 0.3) is 0 Å². The Bertz CT molecular complexity index is 1060. The van der Waals surface area contributed by atoms with Gasteiger partial charge < -0.3 is 9.80 Å². The molecule has 0 radical (unpaired) electrons. The van der Waals surface area contributed by atoms with Gasteiger partial charge in [0.05, 0.1) is 15.7 Å². The van der Waals surface area contributed by atoms with Crippen molar-refractivity contribution in [2.45, 2.75) is 0 Å². The summed E-state index contributed by atoms with van der Waals surface area (Å²) in [5.74, 6) is 0. The minimum absolute atomic E-state index is 0.544. The van der Waals surface area contributed by atoms with Gasteiger partial charge in [-0.1, -0.05) is 71.7 Å². The molecule has 4 aromatic rings. The molecule has 4 heteroatoms. The first-order chi connectivity index (χ1) is 14.1. The van der Waals surface area contributed by atoms with E-state index in [-0.39, 0.29) is 0 Å². The van der Waals surface area contributed by atoms with E-state index in [1.54, 1.807) is 6.07 Å². The van der Waals surface area contributed by atoms with Crippen LogP contribution in [0.2, 0.25) is 10.0 Å². The minimum Gasteiger partial charge on any atom is -0.343 e. The van der Waals surface area contributed by atoms with Crippen LogP contribution < -0.4 is 9.80 Å². The second-order valence-electron chi connectivity index (χ2n) is 6.66. The molecule has 0 bridgehead atoms. The number of benzene rings is 4. The summed E-state index contributed by atoms with van der Waals surface area (Å²) in [6.45, 7) is 0. The minimum atomic E-state index is 0.544. The third kappa shape index (κ3) is 4.09. The predicted molar refractivity (Wildman–Crippen MR) is 126 cm³/mol. The smallest absolute Gasteiger partial charge is 0.0829 e. The van der Waals surface area contributed by atoms with E-state index in [0.29, 0.717) is 10.0 Å². The summed E-state index contributed by atoms with van der Waals surface area (Å²) in [7, 11) is 1.99. The summed E-state index contributed by atoms with van der Waals surface area (Å²) in [5, 5.41) is 1.09. The standard InChI is InChI=1S/C25H20Cl2N2/c1-28(24-17-9-16-23(26)25(24)27)21-14-8-15-22(18-21)29(19-10-4-2-5-11-19)20-12-6-3-7-13-20/h2-18H,1H3. The van der Waals surface area contributed by atoms with E-state index in [1.165, 1.54) is 0 Å². The highest BCUT2D eigenvalue weighted by molar-refractivity contribution is 6.43. The topological polar surface area (TPSA) is 6.48 Å². The molecule has 0 saturated heterocycles. The first-order valence-electron chi connectivity index (χ1n) is 9.33. The average molecular weight is 419 g/mol. The molecule has 0 aromatic heterocycles. The van der Waals surface area contributed by atoms with Gasteiger partial charge in [0.2, 0.25) is 0 Å². The Morgan fingerprint density at radius 3 is 1.69 bits per heavy atom. The predicted octanol–water partition coefficient (Wildman–Crippen LogP) is 8.23. The molecule has 0 aliphatic rings. The molecule has 144 valence electrons. The Kier molecular flexibility index (Phi) is 5.75. The van der Waals surface area contributed by atoms with Gasteiger partial charge in [-0.3, -0.25) is 0 Å². The van der Waals surface area contributed by atoms with E-state index in [9.17, 15) is 0 Å². The number of hydrogen-bond donors (Lipinski definition) is 0. The molecule has 0 saturated carbocycles. The van der Waals surface area contributed by atoms with Crippen molar-refractivity contribution in [2.75, 3.05) is 16.8 Å². The molecule has 0 amide bonds. The average Bonchev–Trinajstić information content (AvgIpc) is 2.77. The summed E-state index contributed by atoms with van der Waals surface area (Å²) >= 11 is 12.7. The Balaban J connectivity index is 1.79. The van der Waals surface area contributed by atoms with E-state index in [1.807, 2.05) is 60.5 Å². The highest BCUT2D eigenvalue weighted by Gasteiger charge is 2.15. The molecule has 0 aliphatic heterocycles. The summed E-state index contributed by atoms with van der Waals surface area (Å²) in [4.78, 5) is 4.28. The fraction of sp³-hybridized carbons (Fsp3) is 0.0400. The Morgan fingerprint density at radius 1 is 0.552 bits per heavy atom. The number of hydrogen-bond acceptors (Lipinski definition) is 2. The van der Waals surface area contributed by atoms with Crippen molar-refractivity contribution >= 4 is 51.6 Å². The van der Waals surface area contributed by atoms with Gasteiger partial charge in [-0.2, -0.15) is 0 Å². The lowest BCUT2D eigenvalue weighted by atomic mass is 10.1. The zero-order valence-electron chi connectivity index (χ0n) is 16.0. The van der Waals surface area contributed by atoms with Crippen molar-refractivity contribution < 1.29 is 0 Å². The number of halogens is 2. The van der Waals surface area contributed by atoms with Crippen molar-refractivity contribution in [1.82, 2.24) is 0 Å². The van der Waals surface area contributed by atoms with Gasteiger partial charge in [0, 0.05) is 29.8 Å². The molecular formula is C25H20Cl2N2. The van der Waals surface area contributed by atoms with Crippen molar-refractivity contribution in [1.29, 1.82) is 0 Å². The summed E-state index contributed by atoms with van der Waals surface area (Å²) in [5.41, 5.74) is 5.13. The van der Waals surface area contributed by atoms with E-state index < -0.39 is 0 Å². The van der Waals surface area contributed by atoms with Gasteiger partial charge in [0.15, 0.2) is 0 Å². The van der Waals surface area contributed by atoms with Gasteiger partial charge in [-0.15, -0.1) is 0 Å². The monoisotopic (exact) mass is 418 g/mol. The van der Waals surface area contributed by atoms with Gasteiger partial charge in [0.1, 0.15) is 0 Å². The van der Waals surface area contributed by atoms with Crippen LogP contribution in [0.4, 0.5) is 28.4 Å². The first-order valence-corrected chi connectivity index (χ1v) is 10.1. The summed E-state index contributed by atoms with van der Waals surface area (Å²) in [6, 6.07) is 34.7. The maximum absolute atomic E-state index is 6.45. The lowest BCUT2D eigenvalue weighted by Crippen LogP contribution is -2.13. The number of rotatable bonds is 5. The Labute approximate surface area is 181 Å². The van der Waals surface area contributed by atoms with Crippen LogP contribution in [0.5, 0.6) is 0 Å². The van der Waals surface area contributed by atoms with Crippen LogP contribution >= 0.6 is 23.2 Å². The summed E-state index contributed by atoms with van der Waals surface area (Å²) < 4.78 is 0. The molecule has 4 aromatic carbocycles. The zero-order valence-corrected chi connectivity index (χ0v) is 17.5. The molecule has 0 N–H and O–H groups in total. The van der Waals surface area contributed by atoms with Crippen LogP contribution in [-0.2, 0) is 0 Å². The van der Waals surface area contributed by atoms with Crippen LogP contribution in [0, 0.1) is 0 Å². The van der Waals surface area contributed by atoms with Crippen molar-refractivity contribution in [3.63, 3.8) is 0 Å². The van der Waals surface area contributed by atoms with Crippen molar-refractivity contribution in [3.8, 4) is 0 Å². The van der Waals surface area contributed by atoms with E-state index in [4.69, 9.17) is 23.2 Å². The van der Waals surface area contributed by atoms with Crippen LogP contribution in [0.1, 0.15) is 0 Å². The number of anilines is 5. The molecule has 4 rings (SSSR count). The molecule has 0 unspecified atom stereocenters. The molecular weight excluding hydrogens is 399 g/mol. The maximum Gasteiger partial charge on any atom is 0.0829 e. The Hall–Kier alpha value is -2.94. The van der Waals surface area contributed by atoms with Crippen molar-refractivity contribution in [2.24, 2.45) is 0 Å². The maximum atomic E-state index is 6.45. The second kappa shape index (κ2) is 8.60. The quantitative estimate of drug-likeness (QED) is 0.321. The third-order valence-electron chi connectivity index (χ3n) is 4.80. The molecule has 0 heterocycles. The van der Waals surface area contributed by atoms with Crippen molar-refractivity contribution in [3.05, 3.63) is 113 Å². The fourth-order valence-corrected chi connectivity index (χ4v) is 3.75. The second-order valence-corrected chi connectivity index (χ2v) is 7.44.